The lowest BCUT2D eigenvalue weighted by molar-refractivity contribution is -0.126. The molecule has 4 rings (SSSR count). The minimum Gasteiger partial charge on any atom is -0.356 e. The Morgan fingerprint density at radius 3 is 2.39 bits per heavy atom. The maximum Gasteiger partial charge on any atom is 0.243 e. The molecular weight excluding hydrogens is 434 g/mol. The maximum absolute atomic E-state index is 13.3. The van der Waals surface area contributed by atoms with Crippen molar-refractivity contribution >= 4 is 26.8 Å². The summed E-state index contributed by atoms with van der Waals surface area (Å²) in [6, 6.07) is 14.2. The highest BCUT2D eigenvalue weighted by atomic mass is 32.2. The van der Waals surface area contributed by atoms with Gasteiger partial charge in [-0.2, -0.15) is 4.31 Å². The van der Waals surface area contributed by atoms with Crippen molar-refractivity contribution in [1.29, 1.82) is 0 Å². The number of benzene rings is 2. The number of hydrogen-bond donors (Lipinski definition) is 1. The molecule has 176 valence electrons. The number of fused-ring (bicyclic) bond motifs is 1. The van der Waals surface area contributed by atoms with E-state index in [4.69, 9.17) is 0 Å². The first-order valence-electron chi connectivity index (χ1n) is 11.7. The van der Waals surface area contributed by atoms with Crippen molar-refractivity contribution in [3.05, 3.63) is 65.4 Å². The van der Waals surface area contributed by atoms with E-state index in [1.807, 2.05) is 45.0 Å². The Bertz CT molecular complexity index is 1230. The van der Waals surface area contributed by atoms with Gasteiger partial charge in [-0.25, -0.2) is 8.42 Å². The second-order valence-electron chi connectivity index (χ2n) is 9.12. The van der Waals surface area contributed by atoms with E-state index >= 15 is 0 Å². The van der Waals surface area contributed by atoms with Gasteiger partial charge in [-0.05, 0) is 68.7 Å². The number of nitrogens with zero attached hydrogens (tertiary/aromatic N) is 2. The first kappa shape index (κ1) is 23.5. The molecule has 1 fully saturated rings. The van der Waals surface area contributed by atoms with Crippen LogP contribution in [0.5, 0.6) is 0 Å². The molecule has 2 heterocycles. The highest BCUT2D eigenvalue weighted by Gasteiger charge is 2.33. The first-order chi connectivity index (χ1) is 15.8. The van der Waals surface area contributed by atoms with Crippen LogP contribution in [0.2, 0.25) is 0 Å². The number of hydrogen-bond acceptors (Lipinski definition) is 3. The van der Waals surface area contributed by atoms with Crippen LogP contribution < -0.4 is 5.32 Å². The summed E-state index contributed by atoms with van der Waals surface area (Å²) >= 11 is 0. The number of carbonyl (C=O) groups is 1. The molecule has 7 heteroatoms. The van der Waals surface area contributed by atoms with Gasteiger partial charge in [-0.1, -0.05) is 35.9 Å². The molecule has 1 aliphatic heterocycles. The molecule has 1 saturated heterocycles. The molecule has 1 amide bonds. The summed E-state index contributed by atoms with van der Waals surface area (Å²) in [7, 11) is -3.55. The maximum atomic E-state index is 13.3. The van der Waals surface area contributed by atoms with Gasteiger partial charge in [0, 0.05) is 43.8 Å². The standard InChI is InChI=1S/C26H33N3O3S/c1-19-17-20(2)25(21(3)18-19)33(31,32)29-15-10-23(11-16-29)26(30)27-12-6-13-28-14-9-22-7-4-5-8-24(22)28/h4-5,7-9,14,17-18,23H,6,10-13,15-16H2,1-3H3,(H,27,30). The number of rotatable bonds is 7. The average Bonchev–Trinajstić information content (AvgIpc) is 3.19. The van der Waals surface area contributed by atoms with Crippen molar-refractivity contribution in [2.75, 3.05) is 19.6 Å². The van der Waals surface area contributed by atoms with E-state index in [1.165, 1.54) is 10.9 Å². The predicted molar refractivity (Wildman–Crippen MR) is 132 cm³/mol. The number of aromatic nitrogens is 1. The average molecular weight is 468 g/mol. The number of amides is 1. The van der Waals surface area contributed by atoms with Gasteiger partial charge in [0.15, 0.2) is 0 Å². The quantitative estimate of drug-likeness (QED) is 0.530. The molecule has 1 aliphatic rings. The van der Waals surface area contributed by atoms with E-state index in [0.29, 0.717) is 37.4 Å². The Morgan fingerprint density at radius 1 is 1.03 bits per heavy atom. The SMILES string of the molecule is Cc1cc(C)c(S(=O)(=O)N2CCC(C(=O)NCCCn3ccc4ccccc43)CC2)c(C)c1. The van der Waals surface area contributed by atoms with E-state index in [1.54, 1.807) is 4.31 Å². The van der Waals surface area contributed by atoms with Gasteiger partial charge in [-0.15, -0.1) is 0 Å². The summed E-state index contributed by atoms with van der Waals surface area (Å²) in [4.78, 5) is 13.1. The van der Waals surface area contributed by atoms with Crippen molar-refractivity contribution in [1.82, 2.24) is 14.2 Å². The van der Waals surface area contributed by atoms with Gasteiger partial charge >= 0.3 is 0 Å². The van der Waals surface area contributed by atoms with Crippen molar-refractivity contribution in [2.24, 2.45) is 5.92 Å². The zero-order valence-electron chi connectivity index (χ0n) is 19.7. The number of aryl methyl sites for hydroxylation is 4. The Balaban J connectivity index is 1.27. The largest absolute Gasteiger partial charge is 0.356 e. The van der Waals surface area contributed by atoms with Crippen LogP contribution in [-0.4, -0.2) is 42.8 Å². The van der Waals surface area contributed by atoms with E-state index < -0.39 is 10.0 Å². The lowest BCUT2D eigenvalue weighted by atomic mass is 9.97. The number of para-hydroxylation sites is 1. The number of nitrogens with one attached hydrogen (secondary N) is 1. The van der Waals surface area contributed by atoms with Crippen LogP contribution in [0.15, 0.2) is 53.6 Å². The summed E-state index contributed by atoms with van der Waals surface area (Å²) < 4.78 is 30.3. The third-order valence-corrected chi connectivity index (χ3v) is 8.79. The van der Waals surface area contributed by atoms with Crippen LogP contribution in [0.3, 0.4) is 0 Å². The number of sulfonamides is 1. The molecule has 0 unspecified atom stereocenters. The van der Waals surface area contributed by atoms with Gasteiger partial charge < -0.3 is 9.88 Å². The fraction of sp³-hybridized carbons (Fsp3) is 0.423. The molecule has 33 heavy (non-hydrogen) atoms. The topological polar surface area (TPSA) is 71.4 Å². The van der Waals surface area contributed by atoms with E-state index in [0.717, 1.165) is 29.7 Å². The van der Waals surface area contributed by atoms with Crippen LogP contribution in [0.4, 0.5) is 0 Å². The highest BCUT2D eigenvalue weighted by molar-refractivity contribution is 7.89. The fourth-order valence-corrected chi connectivity index (χ4v) is 6.88. The van der Waals surface area contributed by atoms with E-state index in [-0.39, 0.29) is 11.8 Å². The summed E-state index contributed by atoms with van der Waals surface area (Å²) in [6.45, 7) is 7.89. The molecule has 0 atom stereocenters. The van der Waals surface area contributed by atoms with E-state index in [9.17, 15) is 13.2 Å². The molecule has 6 nitrogen and oxygen atoms in total. The third-order valence-electron chi connectivity index (χ3n) is 6.58. The monoisotopic (exact) mass is 467 g/mol. The second kappa shape index (κ2) is 9.69. The normalized spacial score (nSPS) is 15.7. The van der Waals surface area contributed by atoms with E-state index in [2.05, 4.69) is 34.3 Å². The molecule has 1 N–H and O–H groups in total. The summed E-state index contributed by atoms with van der Waals surface area (Å²) in [5.41, 5.74) is 3.83. The Kier molecular flexibility index (Phi) is 6.91. The molecule has 0 saturated carbocycles. The Morgan fingerprint density at radius 2 is 1.70 bits per heavy atom. The van der Waals surface area contributed by atoms with Crippen molar-refractivity contribution < 1.29 is 13.2 Å². The minimum absolute atomic E-state index is 0.0344. The lowest BCUT2D eigenvalue weighted by Gasteiger charge is -2.31. The summed E-state index contributed by atoms with van der Waals surface area (Å²) in [5, 5.41) is 4.27. The second-order valence-corrected chi connectivity index (χ2v) is 11.0. The summed E-state index contributed by atoms with van der Waals surface area (Å²) in [6.07, 6.45) is 4.04. The summed E-state index contributed by atoms with van der Waals surface area (Å²) in [5.74, 6) is -0.101. The third kappa shape index (κ3) is 4.99. The molecule has 0 spiro atoms. The van der Waals surface area contributed by atoms with Crippen molar-refractivity contribution in [3.8, 4) is 0 Å². The van der Waals surface area contributed by atoms with Crippen LogP contribution in [0, 0.1) is 26.7 Å². The smallest absolute Gasteiger partial charge is 0.243 e. The van der Waals surface area contributed by atoms with Gasteiger partial charge in [-0.3, -0.25) is 4.79 Å². The zero-order chi connectivity index (χ0) is 23.6. The molecule has 0 aliphatic carbocycles. The van der Waals surface area contributed by atoms with Crippen molar-refractivity contribution in [2.45, 2.75) is 51.5 Å². The van der Waals surface area contributed by atoms with Crippen LogP contribution in [0.25, 0.3) is 10.9 Å². The van der Waals surface area contributed by atoms with Gasteiger partial charge in [0.25, 0.3) is 0 Å². The molecule has 0 radical (unpaired) electrons. The lowest BCUT2D eigenvalue weighted by Crippen LogP contribution is -2.43. The molecular formula is C26H33N3O3S. The predicted octanol–water partition coefficient (Wildman–Crippen LogP) is 4.17. The molecule has 1 aromatic heterocycles. The van der Waals surface area contributed by atoms with Gasteiger partial charge in [0.2, 0.25) is 15.9 Å². The van der Waals surface area contributed by atoms with Crippen LogP contribution in [-0.2, 0) is 21.4 Å². The fourth-order valence-electron chi connectivity index (χ4n) is 5.00. The first-order valence-corrected chi connectivity index (χ1v) is 13.1. The van der Waals surface area contributed by atoms with Crippen LogP contribution in [0.1, 0.15) is 36.0 Å². The van der Waals surface area contributed by atoms with Gasteiger partial charge in [0.05, 0.1) is 4.90 Å². The molecule has 0 bridgehead atoms. The Hall–Kier alpha value is -2.64. The molecule has 3 aromatic rings. The minimum atomic E-state index is -3.55. The van der Waals surface area contributed by atoms with Crippen LogP contribution >= 0.6 is 0 Å². The van der Waals surface area contributed by atoms with Gasteiger partial charge in [0.1, 0.15) is 0 Å². The highest BCUT2D eigenvalue weighted by Crippen LogP contribution is 2.28. The Labute approximate surface area is 196 Å². The number of piperidine rings is 1. The number of carbonyl (C=O) groups excluding carboxylic acids is 1. The van der Waals surface area contributed by atoms with Crippen molar-refractivity contribution in [3.63, 3.8) is 0 Å². The zero-order valence-corrected chi connectivity index (χ0v) is 20.5. The molecule has 2 aromatic carbocycles.